The molecule has 5 heteroatoms. The first kappa shape index (κ1) is 15.5. The Morgan fingerprint density at radius 3 is 2.47 bits per heavy atom. The summed E-state index contributed by atoms with van der Waals surface area (Å²) in [7, 11) is 0. The van der Waals surface area contributed by atoms with Gasteiger partial charge in [-0.15, -0.1) is 24.8 Å². The van der Waals surface area contributed by atoms with E-state index in [1.165, 1.54) is 32.4 Å². The molecule has 15 heavy (non-hydrogen) atoms. The van der Waals surface area contributed by atoms with Crippen molar-refractivity contribution in [3.63, 3.8) is 0 Å². The summed E-state index contributed by atoms with van der Waals surface area (Å²) in [4.78, 5) is 2.60. The van der Waals surface area contributed by atoms with Crippen LogP contribution in [-0.2, 0) is 0 Å². The minimum absolute atomic E-state index is 0. The van der Waals surface area contributed by atoms with Crippen LogP contribution in [0, 0.1) is 0 Å². The van der Waals surface area contributed by atoms with Gasteiger partial charge in [-0.25, -0.2) is 0 Å². The second-order valence-electron chi connectivity index (χ2n) is 4.25. The van der Waals surface area contributed by atoms with Crippen LogP contribution >= 0.6 is 24.8 Å². The highest BCUT2D eigenvalue weighted by Gasteiger charge is 2.27. The molecule has 0 unspecified atom stereocenters. The van der Waals surface area contributed by atoms with Crippen molar-refractivity contribution in [2.24, 2.45) is 0 Å². The molecule has 2 heterocycles. The number of nitrogens with zero attached hydrogens (tertiary/aromatic N) is 1. The maximum absolute atomic E-state index is 9.07. The molecular formula is C10H22Cl2N2O. The van der Waals surface area contributed by atoms with E-state index in [2.05, 4.69) is 10.2 Å². The molecule has 2 rings (SSSR count). The molecule has 0 spiro atoms. The van der Waals surface area contributed by atoms with Crippen LogP contribution in [0.4, 0.5) is 0 Å². The Morgan fingerprint density at radius 1 is 1.20 bits per heavy atom. The van der Waals surface area contributed by atoms with E-state index in [4.69, 9.17) is 5.11 Å². The molecule has 2 fully saturated rings. The van der Waals surface area contributed by atoms with Gasteiger partial charge in [-0.3, -0.25) is 0 Å². The third-order valence-electron chi connectivity index (χ3n) is 3.34. The Balaban J connectivity index is 0.000000980. The first-order valence-electron chi connectivity index (χ1n) is 5.48. The van der Waals surface area contributed by atoms with Crippen molar-refractivity contribution in [1.29, 1.82) is 0 Å². The number of piperidine rings is 1. The fourth-order valence-corrected chi connectivity index (χ4v) is 2.56. The van der Waals surface area contributed by atoms with Crippen LogP contribution in [0.2, 0.25) is 0 Å². The number of aliphatic hydroxyl groups excluding tert-OH is 1. The van der Waals surface area contributed by atoms with Crippen LogP contribution in [0.25, 0.3) is 0 Å². The summed E-state index contributed by atoms with van der Waals surface area (Å²) >= 11 is 0. The SMILES string of the molecule is Cl.Cl.OC[C@@H]1C[C@@H](N2CCCC2)CCN1. The topological polar surface area (TPSA) is 35.5 Å². The molecule has 2 aliphatic heterocycles. The first-order valence-corrected chi connectivity index (χ1v) is 5.48. The number of hydrogen-bond donors (Lipinski definition) is 2. The highest BCUT2D eigenvalue weighted by Crippen LogP contribution is 2.20. The molecule has 2 atom stereocenters. The van der Waals surface area contributed by atoms with Gasteiger partial charge in [0.2, 0.25) is 0 Å². The van der Waals surface area contributed by atoms with E-state index < -0.39 is 0 Å². The quantitative estimate of drug-likeness (QED) is 0.776. The molecule has 0 amide bonds. The molecule has 0 aromatic heterocycles. The second kappa shape index (κ2) is 7.69. The zero-order valence-corrected chi connectivity index (χ0v) is 10.7. The van der Waals surface area contributed by atoms with Crippen molar-refractivity contribution in [3.8, 4) is 0 Å². The zero-order chi connectivity index (χ0) is 9.10. The van der Waals surface area contributed by atoms with Crippen LogP contribution in [0.15, 0.2) is 0 Å². The smallest absolute Gasteiger partial charge is 0.0585 e. The van der Waals surface area contributed by atoms with Crippen molar-refractivity contribution in [2.75, 3.05) is 26.2 Å². The van der Waals surface area contributed by atoms with Crippen LogP contribution in [-0.4, -0.2) is 48.3 Å². The monoisotopic (exact) mass is 256 g/mol. The molecule has 0 radical (unpaired) electrons. The number of likely N-dealkylation sites (tertiary alicyclic amines) is 1. The van der Waals surface area contributed by atoms with Crippen LogP contribution in [0.3, 0.4) is 0 Å². The molecule has 0 aromatic carbocycles. The van der Waals surface area contributed by atoms with Gasteiger partial charge in [0.05, 0.1) is 6.61 Å². The van der Waals surface area contributed by atoms with Gasteiger partial charge in [0.1, 0.15) is 0 Å². The Morgan fingerprint density at radius 2 is 1.87 bits per heavy atom. The molecule has 92 valence electrons. The van der Waals surface area contributed by atoms with Gasteiger partial charge in [0.15, 0.2) is 0 Å². The van der Waals surface area contributed by atoms with Gasteiger partial charge in [-0.1, -0.05) is 0 Å². The fourth-order valence-electron chi connectivity index (χ4n) is 2.56. The fraction of sp³-hybridized carbons (Fsp3) is 1.00. The lowest BCUT2D eigenvalue weighted by atomic mass is 9.99. The van der Waals surface area contributed by atoms with E-state index in [-0.39, 0.29) is 24.8 Å². The van der Waals surface area contributed by atoms with Gasteiger partial charge in [0, 0.05) is 12.1 Å². The molecule has 0 saturated carbocycles. The van der Waals surface area contributed by atoms with E-state index in [0.29, 0.717) is 12.6 Å². The Kier molecular flexibility index (Phi) is 7.92. The average Bonchev–Trinajstić information content (AvgIpc) is 2.71. The maximum Gasteiger partial charge on any atom is 0.0585 e. The molecule has 0 aliphatic carbocycles. The predicted molar refractivity (Wildman–Crippen MR) is 67.2 cm³/mol. The van der Waals surface area contributed by atoms with Gasteiger partial charge in [-0.2, -0.15) is 0 Å². The summed E-state index contributed by atoms with van der Waals surface area (Å²) < 4.78 is 0. The molecule has 0 bridgehead atoms. The third kappa shape index (κ3) is 4.08. The number of halogens is 2. The second-order valence-corrected chi connectivity index (χ2v) is 4.25. The summed E-state index contributed by atoms with van der Waals surface area (Å²) in [6.07, 6.45) is 5.13. The summed E-state index contributed by atoms with van der Waals surface area (Å²) in [6, 6.07) is 1.08. The van der Waals surface area contributed by atoms with Crippen molar-refractivity contribution in [2.45, 2.75) is 37.8 Å². The lowest BCUT2D eigenvalue weighted by Crippen LogP contribution is -2.48. The summed E-state index contributed by atoms with van der Waals surface area (Å²) in [5.74, 6) is 0. The highest BCUT2D eigenvalue weighted by atomic mass is 35.5. The Hall–Kier alpha value is 0.460. The van der Waals surface area contributed by atoms with E-state index in [0.717, 1.165) is 19.0 Å². The molecule has 2 aliphatic rings. The van der Waals surface area contributed by atoms with Gasteiger partial charge < -0.3 is 15.3 Å². The van der Waals surface area contributed by atoms with E-state index >= 15 is 0 Å². The number of rotatable bonds is 2. The molecule has 2 N–H and O–H groups in total. The van der Waals surface area contributed by atoms with Crippen molar-refractivity contribution < 1.29 is 5.11 Å². The van der Waals surface area contributed by atoms with Crippen LogP contribution < -0.4 is 5.32 Å². The van der Waals surface area contributed by atoms with Gasteiger partial charge >= 0.3 is 0 Å². The van der Waals surface area contributed by atoms with Crippen molar-refractivity contribution >= 4 is 24.8 Å². The van der Waals surface area contributed by atoms with Crippen LogP contribution in [0.5, 0.6) is 0 Å². The number of nitrogens with one attached hydrogen (secondary N) is 1. The zero-order valence-electron chi connectivity index (χ0n) is 9.02. The largest absolute Gasteiger partial charge is 0.395 e. The third-order valence-corrected chi connectivity index (χ3v) is 3.34. The lowest BCUT2D eigenvalue weighted by Gasteiger charge is -2.35. The summed E-state index contributed by atoms with van der Waals surface area (Å²) in [6.45, 7) is 3.93. The van der Waals surface area contributed by atoms with E-state index in [1.54, 1.807) is 0 Å². The first-order chi connectivity index (χ1) is 6.40. The summed E-state index contributed by atoms with van der Waals surface area (Å²) in [5.41, 5.74) is 0. The van der Waals surface area contributed by atoms with Crippen molar-refractivity contribution in [1.82, 2.24) is 10.2 Å². The number of hydrogen-bond acceptors (Lipinski definition) is 3. The minimum atomic E-state index is 0. The number of aliphatic hydroxyl groups is 1. The standard InChI is InChI=1S/C10H20N2O.2ClH/c13-8-9-7-10(3-4-11-9)12-5-1-2-6-12;;/h9-11,13H,1-8H2;2*1H/t9-,10-;;/m0../s1. The summed E-state index contributed by atoms with van der Waals surface area (Å²) in [5, 5.41) is 12.4. The van der Waals surface area contributed by atoms with Crippen molar-refractivity contribution in [3.05, 3.63) is 0 Å². The maximum atomic E-state index is 9.07. The molecule has 3 nitrogen and oxygen atoms in total. The van der Waals surface area contributed by atoms with Gasteiger partial charge in [0.25, 0.3) is 0 Å². The van der Waals surface area contributed by atoms with Gasteiger partial charge in [-0.05, 0) is 45.3 Å². The highest BCUT2D eigenvalue weighted by molar-refractivity contribution is 5.85. The Bertz CT molecular complexity index is 166. The lowest BCUT2D eigenvalue weighted by molar-refractivity contribution is 0.140. The molecule has 2 saturated heterocycles. The predicted octanol–water partition coefficient (Wildman–Crippen LogP) is 1.04. The van der Waals surface area contributed by atoms with E-state index in [9.17, 15) is 0 Å². The Labute approximate surface area is 104 Å². The molecule has 0 aromatic rings. The minimum Gasteiger partial charge on any atom is -0.395 e. The van der Waals surface area contributed by atoms with E-state index in [1.807, 2.05) is 0 Å². The normalized spacial score (nSPS) is 31.8. The average molecular weight is 257 g/mol. The molecular weight excluding hydrogens is 235 g/mol. The van der Waals surface area contributed by atoms with Crippen LogP contribution in [0.1, 0.15) is 25.7 Å².